The van der Waals surface area contributed by atoms with Crippen LogP contribution in [0.25, 0.3) is 0 Å². The number of pyridine rings is 1. The van der Waals surface area contributed by atoms with Crippen LogP contribution in [-0.2, 0) is 6.54 Å². The summed E-state index contributed by atoms with van der Waals surface area (Å²) in [6.45, 7) is 0.656. The number of benzene rings is 2. The molecule has 0 spiro atoms. The fourth-order valence-corrected chi connectivity index (χ4v) is 2.21. The van der Waals surface area contributed by atoms with Crippen molar-refractivity contribution in [1.82, 2.24) is 4.98 Å². The molecule has 0 unspecified atom stereocenters. The average Bonchev–Trinajstić information content (AvgIpc) is 2.62. The lowest BCUT2D eigenvalue weighted by Crippen LogP contribution is -2.12. The summed E-state index contributed by atoms with van der Waals surface area (Å²) in [4.78, 5) is 16.4. The molecule has 5 heteroatoms. The third kappa shape index (κ3) is 4.10. The number of anilines is 2. The summed E-state index contributed by atoms with van der Waals surface area (Å²) in [6.07, 6.45) is 1.64. The molecule has 120 valence electrons. The van der Waals surface area contributed by atoms with Crippen LogP contribution in [0.4, 0.5) is 11.5 Å². The van der Waals surface area contributed by atoms with Crippen molar-refractivity contribution < 1.29 is 9.90 Å². The normalized spacial score (nSPS) is 10.2. The minimum atomic E-state index is -0.241. The summed E-state index contributed by atoms with van der Waals surface area (Å²) in [7, 11) is 0. The summed E-state index contributed by atoms with van der Waals surface area (Å²) in [6, 6.07) is 19.6. The molecule has 0 atom stereocenters. The van der Waals surface area contributed by atoms with Crippen molar-refractivity contribution in [3.05, 3.63) is 84.1 Å². The zero-order chi connectivity index (χ0) is 16.8. The summed E-state index contributed by atoms with van der Waals surface area (Å²) in [5.41, 5.74) is 2.28. The molecule has 0 aliphatic heterocycles. The highest BCUT2D eigenvalue weighted by Crippen LogP contribution is 2.15. The number of phenolic OH excluding ortho intramolecular Hbond substituents is 1. The molecule has 3 N–H and O–H groups in total. The highest BCUT2D eigenvalue weighted by molar-refractivity contribution is 6.04. The van der Waals surface area contributed by atoms with E-state index in [9.17, 15) is 9.90 Å². The van der Waals surface area contributed by atoms with Crippen LogP contribution in [0, 0.1) is 0 Å². The van der Waals surface area contributed by atoms with E-state index >= 15 is 0 Å². The van der Waals surface area contributed by atoms with Gasteiger partial charge in [0.15, 0.2) is 0 Å². The first-order valence-corrected chi connectivity index (χ1v) is 7.55. The Bertz CT molecular complexity index is 818. The average molecular weight is 319 g/mol. The van der Waals surface area contributed by atoms with Crippen molar-refractivity contribution >= 4 is 17.4 Å². The summed E-state index contributed by atoms with van der Waals surface area (Å²) >= 11 is 0. The van der Waals surface area contributed by atoms with E-state index in [1.807, 2.05) is 30.3 Å². The number of hydrogen-bond acceptors (Lipinski definition) is 4. The quantitative estimate of drug-likeness (QED) is 0.671. The lowest BCUT2D eigenvalue weighted by molar-refractivity contribution is 0.102. The molecule has 5 nitrogen and oxygen atoms in total. The number of carbonyl (C=O) groups excluding carboxylic acids is 1. The second-order valence-electron chi connectivity index (χ2n) is 5.27. The van der Waals surface area contributed by atoms with Gasteiger partial charge < -0.3 is 15.7 Å². The number of amides is 1. The molecular formula is C19H17N3O2. The van der Waals surface area contributed by atoms with E-state index in [4.69, 9.17) is 0 Å². The molecule has 2 aromatic carbocycles. The Morgan fingerprint density at radius 1 is 1.00 bits per heavy atom. The van der Waals surface area contributed by atoms with Crippen molar-refractivity contribution in [2.75, 3.05) is 10.6 Å². The molecule has 1 amide bonds. The minimum Gasteiger partial charge on any atom is -0.508 e. The first-order valence-electron chi connectivity index (χ1n) is 7.55. The van der Waals surface area contributed by atoms with E-state index in [0.717, 1.165) is 5.56 Å². The van der Waals surface area contributed by atoms with Gasteiger partial charge in [0.05, 0.1) is 0 Å². The summed E-state index contributed by atoms with van der Waals surface area (Å²) in [5.74, 6) is 0.570. The number of carbonyl (C=O) groups is 1. The molecule has 0 radical (unpaired) electrons. The van der Waals surface area contributed by atoms with Gasteiger partial charge in [-0.1, -0.05) is 30.3 Å². The van der Waals surface area contributed by atoms with Crippen LogP contribution in [0.5, 0.6) is 5.75 Å². The van der Waals surface area contributed by atoms with Crippen LogP contribution in [-0.4, -0.2) is 16.0 Å². The van der Waals surface area contributed by atoms with Gasteiger partial charge in [0.2, 0.25) is 0 Å². The topological polar surface area (TPSA) is 74.2 Å². The van der Waals surface area contributed by atoms with Gasteiger partial charge in [-0.15, -0.1) is 0 Å². The predicted octanol–water partition coefficient (Wildman–Crippen LogP) is 3.65. The molecule has 0 aliphatic carbocycles. The number of aromatic nitrogens is 1. The Morgan fingerprint density at radius 3 is 2.50 bits per heavy atom. The Morgan fingerprint density at radius 2 is 1.75 bits per heavy atom. The molecule has 3 aromatic rings. The molecule has 0 fully saturated rings. The van der Waals surface area contributed by atoms with Gasteiger partial charge in [-0.25, -0.2) is 4.98 Å². The van der Waals surface area contributed by atoms with Gasteiger partial charge >= 0.3 is 0 Å². The standard InChI is InChI=1S/C19H17N3O2/c23-17-8-6-15(7-9-17)19(24)22-16-10-11-20-18(12-16)21-13-14-4-2-1-3-5-14/h1-12,23H,13H2,(H2,20,21,22,24). The number of aromatic hydroxyl groups is 1. The van der Waals surface area contributed by atoms with E-state index in [1.165, 1.54) is 12.1 Å². The number of rotatable bonds is 5. The fourth-order valence-electron chi connectivity index (χ4n) is 2.21. The monoisotopic (exact) mass is 319 g/mol. The van der Waals surface area contributed by atoms with Gasteiger partial charge in [0.1, 0.15) is 11.6 Å². The van der Waals surface area contributed by atoms with Crippen molar-refractivity contribution in [1.29, 1.82) is 0 Å². The smallest absolute Gasteiger partial charge is 0.255 e. The van der Waals surface area contributed by atoms with E-state index in [-0.39, 0.29) is 11.7 Å². The van der Waals surface area contributed by atoms with E-state index in [0.29, 0.717) is 23.6 Å². The maximum Gasteiger partial charge on any atom is 0.255 e. The molecule has 0 saturated heterocycles. The van der Waals surface area contributed by atoms with E-state index in [2.05, 4.69) is 15.6 Å². The SMILES string of the molecule is O=C(Nc1ccnc(NCc2ccccc2)c1)c1ccc(O)cc1. The second kappa shape index (κ2) is 7.28. The number of nitrogens with zero attached hydrogens (tertiary/aromatic N) is 1. The van der Waals surface area contributed by atoms with Gasteiger partial charge in [-0.3, -0.25) is 4.79 Å². The predicted molar refractivity (Wildman–Crippen MR) is 94.1 cm³/mol. The Labute approximate surface area is 140 Å². The number of nitrogens with one attached hydrogen (secondary N) is 2. The van der Waals surface area contributed by atoms with Gasteiger partial charge in [0.25, 0.3) is 5.91 Å². The molecular weight excluding hydrogens is 302 g/mol. The van der Waals surface area contributed by atoms with Gasteiger partial charge in [-0.05, 0) is 35.9 Å². The van der Waals surface area contributed by atoms with Gasteiger partial charge in [-0.2, -0.15) is 0 Å². The first kappa shape index (κ1) is 15.6. The van der Waals surface area contributed by atoms with Crippen LogP contribution in [0.3, 0.4) is 0 Å². The summed E-state index contributed by atoms with van der Waals surface area (Å²) in [5, 5.41) is 15.3. The lowest BCUT2D eigenvalue weighted by Gasteiger charge is -2.09. The molecule has 0 bridgehead atoms. The van der Waals surface area contributed by atoms with E-state index in [1.54, 1.807) is 30.5 Å². The van der Waals surface area contributed by atoms with Crippen molar-refractivity contribution in [3.63, 3.8) is 0 Å². The molecule has 1 heterocycles. The second-order valence-corrected chi connectivity index (χ2v) is 5.27. The largest absolute Gasteiger partial charge is 0.508 e. The molecule has 24 heavy (non-hydrogen) atoms. The highest BCUT2D eigenvalue weighted by Gasteiger charge is 2.06. The third-order valence-corrected chi connectivity index (χ3v) is 3.46. The van der Waals surface area contributed by atoms with Crippen LogP contribution in [0.15, 0.2) is 72.9 Å². The Hall–Kier alpha value is -3.34. The van der Waals surface area contributed by atoms with E-state index < -0.39 is 0 Å². The molecule has 0 aliphatic rings. The van der Waals surface area contributed by atoms with Crippen LogP contribution in [0.1, 0.15) is 15.9 Å². The first-order chi connectivity index (χ1) is 11.7. The zero-order valence-electron chi connectivity index (χ0n) is 12.9. The fraction of sp³-hybridized carbons (Fsp3) is 0.0526. The Kier molecular flexibility index (Phi) is 4.72. The van der Waals surface area contributed by atoms with Crippen LogP contribution < -0.4 is 10.6 Å². The van der Waals surface area contributed by atoms with Crippen molar-refractivity contribution in [2.45, 2.75) is 6.54 Å². The maximum absolute atomic E-state index is 12.2. The highest BCUT2D eigenvalue weighted by atomic mass is 16.3. The van der Waals surface area contributed by atoms with Crippen LogP contribution in [0.2, 0.25) is 0 Å². The zero-order valence-corrected chi connectivity index (χ0v) is 12.9. The van der Waals surface area contributed by atoms with Crippen molar-refractivity contribution in [3.8, 4) is 5.75 Å². The minimum absolute atomic E-state index is 0.128. The molecule has 0 saturated carbocycles. The third-order valence-electron chi connectivity index (χ3n) is 3.46. The number of phenols is 1. The van der Waals surface area contributed by atoms with Crippen LogP contribution >= 0.6 is 0 Å². The summed E-state index contributed by atoms with van der Waals surface area (Å²) < 4.78 is 0. The number of hydrogen-bond donors (Lipinski definition) is 3. The van der Waals surface area contributed by atoms with Crippen molar-refractivity contribution in [2.24, 2.45) is 0 Å². The molecule has 1 aromatic heterocycles. The lowest BCUT2D eigenvalue weighted by atomic mass is 10.2. The van der Waals surface area contributed by atoms with Gasteiger partial charge in [0, 0.05) is 30.1 Å². The molecule has 3 rings (SSSR count). The Balaban J connectivity index is 1.64. The maximum atomic E-state index is 12.2.